The van der Waals surface area contributed by atoms with Gasteiger partial charge in [0.05, 0.1) is 11.5 Å². The minimum Gasteiger partial charge on any atom is -0.392 e. The maximum atomic E-state index is 11.8. The number of halogens is 1. The zero-order valence-electron chi connectivity index (χ0n) is 11.5. The molecule has 2 aromatic carbocycles. The second kappa shape index (κ2) is 6.47. The summed E-state index contributed by atoms with van der Waals surface area (Å²) in [5.41, 5.74) is 2.01. The number of aliphatic hydroxyl groups is 1. The average Bonchev–Trinajstić information content (AvgIpc) is 2.45. The van der Waals surface area contributed by atoms with Crippen molar-refractivity contribution in [2.75, 3.05) is 11.6 Å². The minimum absolute atomic E-state index is 0.0926. The molecule has 0 heterocycles. The van der Waals surface area contributed by atoms with Gasteiger partial charge in [-0.3, -0.25) is 0 Å². The smallest absolute Gasteiger partial charge is 0.175 e. The predicted octanol–water partition coefficient (Wildman–Crippen LogP) is 2.85. The van der Waals surface area contributed by atoms with Gasteiger partial charge in [0.2, 0.25) is 0 Å². The fraction of sp³-hybridized carbons (Fsp3) is 0.200. The quantitative estimate of drug-likeness (QED) is 0.887. The van der Waals surface area contributed by atoms with E-state index in [4.69, 9.17) is 11.6 Å². The average molecular weight is 326 g/mol. The van der Waals surface area contributed by atoms with Gasteiger partial charge in [0.15, 0.2) is 9.84 Å². The Morgan fingerprint density at radius 3 is 2.52 bits per heavy atom. The molecule has 0 fully saturated rings. The molecule has 4 nitrogen and oxygen atoms in total. The lowest BCUT2D eigenvalue weighted by Crippen LogP contribution is -2.08. The van der Waals surface area contributed by atoms with E-state index in [1.165, 1.54) is 6.07 Å². The van der Waals surface area contributed by atoms with Crippen LogP contribution in [0.15, 0.2) is 47.4 Å². The first-order valence-electron chi connectivity index (χ1n) is 6.33. The Kier molecular flexibility index (Phi) is 4.88. The highest BCUT2D eigenvalue weighted by Gasteiger charge is 2.15. The maximum Gasteiger partial charge on any atom is 0.175 e. The van der Waals surface area contributed by atoms with E-state index in [-0.39, 0.29) is 18.0 Å². The van der Waals surface area contributed by atoms with Crippen molar-refractivity contribution in [2.24, 2.45) is 0 Å². The van der Waals surface area contributed by atoms with Crippen LogP contribution in [0.2, 0.25) is 5.02 Å². The van der Waals surface area contributed by atoms with Crippen LogP contribution in [0, 0.1) is 0 Å². The van der Waals surface area contributed by atoms with Crippen LogP contribution in [-0.4, -0.2) is 19.8 Å². The number of hydrogen-bond acceptors (Lipinski definition) is 4. The van der Waals surface area contributed by atoms with Gasteiger partial charge < -0.3 is 10.4 Å². The van der Waals surface area contributed by atoms with E-state index in [9.17, 15) is 13.5 Å². The number of anilines is 1. The first-order chi connectivity index (χ1) is 9.93. The molecule has 0 saturated heterocycles. The highest BCUT2D eigenvalue weighted by molar-refractivity contribution is 7.90. The molecule has 0 aliphatic rings. The summed E-state index contributed by atoms with van der Waals surface area (Å²) in [5.74, 6) is 0. The first kappa shape index (κ1) is 15.8. The van der Waals surface area contributed by atoms with Crippen LogP contribution in [-0.2, 0) is 23.0 Å². The molecule has 0 amide bonds. The van der Waals surface area contributed by atoms with Crippen molar-refractivity contribution in [3.63, 3.8) is 0 Å². The highest BCUT2D eigenvalue weighted by Crippen LogP contribution is 2.25. The van der Waals surface area contributed by atoms with E-state index in [1.807, 2.05) is 18.2 Å². The third kappa shape index (κ3) is 3.75. The number of aliphatic hydroxyl groups excluding tert-OH is 1. The SMILES string of the molecule is CS(=O)(=O)c1cccc(Cl)c1CNc1ccccc1CO. The van der Waals surface area contributed by atoms with Gasteiger partial charge in [-0.15, -0.1) is 0 Å². The van der Waals surface area contributed by atoms with E-state index in [1.54, 1.807) is 18.2 Å². The van der Waals surface area contributed by atoms with Crippen LogP contribution >= 0.6 is 11.6 Å². The van der Waals surface area contributed by atoms with Gasteiger partial charge in [0.25, 0.3) is 0 Å². The monoisotopic (exact) mass is 325 g/mol. The Bertz CT molecular complexity index is 744. The third-order valence-electron chi connectivity index (χ3n) is 3.12. The summed E-state index contributed by atoms with van der Waals surface area (Å²) in [6.45, 7) is 0.170. The Labute approximate surface area is 129 Å². The second-order valence-corrected chi connectivity index (χ2v) is 7.05. The van der Waals surface area contributed by atoms with Crippen LogP contribution in [0.1, 0.15) is 11.1 Å². The Hall–Kier alpha value is -1.56. The molecule has 112 valence electrons. The topological polar surface area (TPSA) is 66.4 Å². The molecular weight excluding hydrogens is 310 g/mol. The molecular formula is C15H16ClNO3S. The summed E-state index contributed by atoms with van der Waals surface area (Å²) in [6, 6.07) is 12.1. The van der Waals surface area contributed by atoms with Gasteiger partial charge in [-0.2, -0.15) is 0 Å². The van der Waals surface area contributed by atoms with E-state index in [2.05, 4.69) is 5.32 Å². The largest absolute Gasteiger partial charge is 0.392 e. The number of nitrogens with one attached hydrogen (secondary N) is 1. The molecule has 0 saturated carbocycles. The summed E-state index contributed by atoms with van der Waals surface area (Å²) in [5, 5.41) is 12.8. The Morgan fingerprint density at radius 2 is 1.86 bits per heavy atom. The lowest BCUT2D eigenvalue weighted by Gasteiger charge is -2.14. The van der Waals surface area contributed by atoms with E-state index < -0.39 is 9.84 Å². The highest BCUT2D eigenvalue weighted by atomic mass is 35.5. The molecule has 6 heteroatoms. The zero-order chi connectivity index (χ0) is 15.5. The maximum absolute atomic E-state index is 11.8. The number of benzene rings is 2. The van der Waals surface area contributed by atoms with E-state index >= 15 is 0 Å². The molecule has 0 aliphatic heterocycles. The lowest BCUT2D eigenvalue weighted by atomic mass is 10.1. The van der Waals surface area contributed by atoms with E-state index in [0.717, 1.165) is 17.5 Å². The second-order valence-electron chi connectivity index (χ2n) is 4.66. The van der Waals surface area contributed by atoms with Crippen LogP contribution < -0.4 is 5.32 Å². The van der Waals surface area contributed by atoms with Gasteiger partial charge in [-0.1, -0.05) is 35.9 Å². The van der Waals surface area contributed by atoms with Crippen molar-refractivity contribution in [3.8, 4) is 0 Å². The van der Waals surface area contributed by atoms with Crippen LogP contribution in [0.25, 0.3) is 0 Å². The summed E-state index contributed by atoms with van der Waals surface area (Å²) >= 11 is 6.12. The van der Waals surface area contributed by atoms with Crippen molar-refractivity contribution >= 4 is 27.1 Å². The van der Waals surface area contributed by atoms with Crippen LogP contribution in [0.5, 0.6) is 0 Å². The van der Waals surface area contributed by atoms with Gasteiger partial charge in [0, 0.05) is 34.6 Å². The molecule has 0 aliphatic carbocycles. The molecule has 0 spiro atoms. The van der Waals surface area contributed by atoms with Crippen molar-refractivity contribution in [2.45, 2.75) is 18.0 Å². The molecule has 0 aromatic heterocycles. The summed E-state index contributed by atoms with van der Waals surface area (Å²) in [7, 11) is -3.35. The number of para-hydroxylation sites is 1. The van der Waals surface area contributed by atoms with Crippen molar-refractivity contribution in [3.05, 3.63) is 58.6 Å². The molecule has 0 bridgehead atoms. The molecule has 2 rings (SSSR count). The molecule has 0 unspecified atom stereocenters. The van der Waals surface area contributed by atoms with Gasteiger partial charge >= 0.3 is 0 Å². The van der Waals surface area contributed by atoms with Crippen molar-refractivity contribution < 1.29 is 13.5 Å². The first-order valence-corrected chi connectivity index (χ1v) is 8.60. The molecule has 2 N–H and O–H groups in total. The van der Waals surface area contributed by atoms with Crippen LogP contribution in [0.4, 0.5) is 5.69 Å². The molecule has 0 radical (unpaired) electrons. The number of rotatable bonds is 5. The summed E-state index contributed by atoms with van der Waals surface area (Å²) < 4.78 is 23.6. The lowest BCUT2D eigenvalue weighted by molar-refractivity contribution is 0.282. The molecule has 21 heavy (non-hydrogen) atoms. The predicted molar refractivity (Wildman–Crippen MR) is 84.3 cm³/mol. The zero-order valence-corrected chi connectivity index (χ0v) is 13.1. The minimum atomic E-state index is -3.35. The van der Waals surface area contributed by atoms with Gasteiger partial charge in [0.1, 0.15) is 0 Å². The van der Waals surface area contributed by atoms with Crippen LogP contribution in [0.3, 0.4) is 0 Å². The van der Waals surface area contributed by atoms with Gasteiger partial charge in [-0.05, 0) is 18.2 Å². The number of hydrogen-bond donors (Lipinski definition) is 2. The fourth-order valence-corrected chi connectivity index (χ4v) is 3.32. The summed E-state index contributed by atoms with van der Waals surface area (Å²) in [4.78, 5) is 0.212. The molecule has 2 aromatic rings. The van der Waals surface area contributed by atoms with Gasteiger partial charge in [-0.25, -0.2) is 8.42 Å². The Balaban J connectivity index is 2.33. The standard InChI is InChI=1S/C15H16ClNO3S/c1-21(19,20)15-8-4-6-13(16)12(15)9-17-14-7-3-2-5-11(14)10-18/h2-8,17-18H,9-10H2,1H3. The third-order valence-corrected chi connectivity index (χ3v) is 4.65. The Morgan fingerprint density at radius 1 is 1.14 bits per heavy atom. The van der Waals surface area contributed by atoms with Crippen molar-refractivity contribution in [1.29, 1.82) is 0 Å². The van der Waals surface area contributed by atoms with E-state index in [0.29, 0.717) is 10.6 Å². The number of sulfone groups is 1. The van der Waals surface area contributed by atoms with Crippen molar-refractivity contribution in [1.82, 2.24) is 0 Å². The molecule has 0 atom stereocenters. The summed E-state index contributed by atoms with van der Waals surface area (Å²) in [6.07, 6.45) is 1.16. The fourth-order valence-electron chi connectivity index (χ4n) is 2.07. The normalized spacial score (nSPS) is 11.4.